The number of carbonyl (C=O) groups excluding carboxylic acids is 1. The van der Waals surface area contributed by atoms with E-state index in [0.29, 0.717) is 11.3 Å². The van der Waals surface area contributed by atoms with Crippen molar-refractivity contribution in [2.24, 2.45) is 0 Å². The zero-order chi connectivity index (χ0) is 19.3. The lowest BCUT2D eigenvalue weighted by Crippen LogP contribution is -1.94. The van der Waals surface area contributed by atoms with Gasteiger partial charge in [-0.3, -0.25) is 4.79 Å². The summed E-state index contributed by atoms with van der Waals surface area (Å²) in [7, 11) is 0. The number of hydrogen-bond acceptors (Lipinski definition) is 3. The highest BCUT2D eigenvalue weighted by atomic mass is 16.5. The molecule has 4 aromatic rings. The van der Waals surface area contributed by atoms with Crippen molar-refractivity contribution < 1.29 is 9.53 Å². The van der Waals surface area contributed by atoms with Gasteiger partial charge in [0, 0.05) is 11.8 Å². The summed E-state index contributed by atoms with van der Waals surface area (Å²) in [6, 6.07) is 25.4. The first kappa shape index (κ1) is 17.7. The first-order valence-corrected chi connectivity index (χ1v) is 9.24. The van der Waals surface area contributed by atoms with E-state index in [1.54, 1.807) is 10.9 Å². The van der Waals surface area contributed by atoms with Gasteiger partial charge in [-0.25, -0.2) is 4.68 Å². The van der Waals surface area contributed by atoms with E-state index < -0.39 is 0 Å². The fourth-order valence-corrected chi connectivity index (χ4v) is 3.02. The van der Waals surface area contributed by atoms with E-state index in [0.717, 1.165) is 35.5 Å². The number of nitrogens with zero attached hydrogens (tertiary/aromatic N) is 2. The predicted octanol–water partition coefficient (Wildman–Crippen LogP) is 5.71. The smallest absolute Gasteiger partial charge is 0.153 e. The maximum absolute atomic E-state index is 11.5. The molecule has 0 fully saturated rings. The Bertz CT molecular complexity index is 1070. The fraction of sp³-hybridized carbons (Fsp3) is 0.0833. The Kier molecular flexibility index (Phi) is 5.02. The first-order chi connectivity index (χ1) is 13.8. The van der Waals surface area contributed by atoms with Crippen LogP contribution in [-0.4, -0.2) is 16.1 Å². The van der Waals surface area contributed by atoms with Gasteiger partial charge in [0.15, 0.2) is 6.29 Å². The molecule has 3 aromatic carbocycles. The van der Waals surface area contributed by atoms with E-state index in [9.17, 15) is 4.79 Å². The average molecular weight is 368 g/mol. The number of aldehydes is 1. The normalized spacial score (nSPS) is 10.6. The van der Waals surface area contributed by atoms with Crippen LogP contribution in [0.5, 0.6) is 11.5 Å². The molecule has 0 amide bonds. The van der Waals surface area contributed by atoms with Crippen molar-refractivity contribution in [3.05, 3.63) is 96.2 Å². The molecule has 1 heterocycles. The second kappa shape index (κ2) is 7.92. The summed E-state index contributed by atoms with van der Waals surface area (Å²) in [4.78, 5) is 11.5. The summed E-state index contributed by atoms with van der Waals surface area (Å²) in [5, 5.41) is 4.60. The Labute approximate surface area is 164 Å². The van der Waals surface area contributed by atoms with Crippen LogP contribution in [0.15, 0.2) is 85.1 Å². The molecule has 0 atom stereocenters. The lowest BCUT2D eigenvalue weighted by atomic mass is 10.1. The molecule has 0 saturated heterocycles. The van der Waals surface area contributed by atoms with Gasteiger partial charge in [-0.15, -0.1) is 0 Å². The summed E-state index contributed by atoms with van der Waals surface area (Å²) in [6.07, 6.45) is 3.59. The summed E-state index contributed by atoms with van der Waals surface area (Å²) < 4.78 is 7.63. The molecule has 138 valence electrons. The van der Waals surface area contributed by atoms with Gasteiger partial charge in [0.25, 0.3) is 0 Å². The average Bonchev–Trinajstić information content (AvgIpc) is 3.20. The Hall–Kier alpha value is -3.66. The number of aryl methyl sites for hydroxylation is 1. The van der Waals surface area contributed by atoms with E-state index in [4.69, 9.17) is 4.74 Å². The Morgan fingerprint density at radius 3 is 2.14 bits per heavy atom. The van der Waals surface area contributed by atoms with Crippen LogP contribution in [-0.2, 0) is 6.42 Å². The second-order valence-corrected chi connectivity index (χ2v) is 6.45. The third-order valence-corrected chi connectivity index (χ3v) is 4.59. The standard InChI is InChI=1S/C24H20N2O2/c1-2-18-8-12-22(13-9-18)28-23-14-10-19(11-15-23)24-20(17-27)16-26(25-24)21-6-4-3-5-7-21/h3-17H,2H2,1H3. The predicted molar refractivity (Wildman–Crippen MR) is 110 cm³/mol. The summed E-state index contributed by atoms with van der Waals surface area (Å²) in [5.41, 5.74) is 4.25. The van der Waals surface area contributed by atoms with Crippen molar-refractivity contribution >= 4 is 6.29 Å². The number of benzene rings is 3. The van der Waals surface area contributed by atoms with Gasteiger partial charge in [-0.05, 0) is 60.5 Å². The van der Waals surface area contributed by atoms with E-state index in [2.05, 4.69) is 24.2 Å². The Morgan fingerprint density at radius 2 is 1.54 bits per heavy atom. The van der Waals surface area contributed by atoms with E-state index >= 15 is 0 Å². The van der Waals surface area contributed by atoms with E-state index in [1.165, 1.54) is 5.56 Å². The highest BCUT2D eigenvalue weighted by Crippen LogP contribution is 2.27. The van der Waals surface area contributed by atoms with Crippen LogP contribution in [0, 0.1) is 0 Å². The molecule has 0 aliphatic rings. The summed E-state index contributed by atoms with van der Waals surface area (Å²) >= 11 is 0. The summed E-state index contributed by atoms with van der Waals surface area (Å²) in [6.45, 7) is 2.13. The van der Waals surface area contributed by atoms with E-state index in [-0.39, 0.29) is 0 Å². The Morgan fingerprint density at radius 1 is 0.893 bits per heavy atom. The maximum atomic E-state index is 11.5. The van der Waals surface area contributed by atoms with Crippen molar-refractivity contribution in [3.63, 3.8) is 0 Å². The number of rotatable bonds is 6. The molecular formula is C24H20N2O2. The van der Waals surface area contributed by atoms with Crippen LogP contribution in [0.25, 0.3) is 16.9 Å². The highest BCUT2D eigenvalue weighted by molar-refractivity contribution is 5.85. The molecule has 1 aromatic heterocycles. The molecule has 0 aliphatic heterocycles. The van der Waals surface area contributed by atoms with Crippen LogP contribution in [0.1, 0.15) is 22.8 Å². The lowest BCUT2D eigenvalue weighted by Gasteiger charge is -2.07. The zero-order valence-corrected chi connectivity index (χ0v) is 15.6. The van der Waals surface area contributed by atoms with Gasteiger partial charge in [-0.2, -0.15) is 5.10 Å². The van der Waals surface area contributed by atoms with Gasteiger partial charge in [0.05, 0.1) is 11.3 Å². The minimum absolute atomic E-state index is 0.549. The number of aromatic nitrogens is 2. The van der Waals surface area contributed by atoms with Crippen molar-refractivity contribution in [1.29, 1.82) is 0 Å². The molecule has 4 heteroatoms. The quantitative estimate of drug-likeness (QED) is 0.410. The van der Waals surface area contributed by atoms with Crippen molar-refractivity contribution in [2.45, 2.75) is 13.3 Å². The van der Waals surface area contributed by atoms with Crippen LogP contribution < -0.4 is 4.74 Å². The van der Waals surface area contributed by atoms with Crippen molar-refractivity contribution in [2.75, 3.05) is 0 Å². The number of para-hydroxylation sites is 1. The van der Waals surface area contributed by atoms with Gasteiger partial charge in [0.1, 0.15) is 17.2 Å². The highest BCUT2D eigenvalue weighted by Gasteiger charge is 2.12. The first-order valence-electron chi connectivity index (χ1n) is 9.24. The molecule has 0 unspecified atom stereocenters. The molecule has 0 radical (unpaired) electrons. The zero-order valence-electron chi connectivity index (χ0n) is 15.6. The molecule has 0 spiro atoms. The largest absolute Gasteiger partial charge is 0.457 e. The summed E-state index contributed by atoms with van der Waals surface area (Å²) in [5.74, 6) is 1.54. The second-order valence-electron chi connectivity index (χ2n) is 6.45. The molecule has 0 bridgehead atoms. The van der Waals surface area contributed by atoms with E-state index in [1.807, 2.05) is 66.7 Å². The van der Waals surface area contributed by atoms with Crippen LogP contribution in [0.3, 0.4) is 0 Å². The lowest BCUT2D eigenvalue weighted by molar-refractivity contribution is 0.112. The number of hydrogen-bond donors (Lipinski definition) is 0. The van der Waals surface area contributed by atoms with Gasteiger partial charge in [-0.1, -0.05) is 37.3 Å². The monoisotopic (exact) mass is 368 g/mol. The molecule has 0 N–H and O–H groups in total. The van der Waals surface area contributed by atoms with Crippen LogP contribution in [0.4, 0.5) is 0 Å². The number of ether oxygens (including phenoxy) is 1. The minimum atomic E-state index is 0.549. The van der Waals surface area contributed by atoms with Crippen molar-refractivity contribution in [1.82, 2.24) is 9.78 Å². The third-order valence-electron chi connectivity index (χ3n) is 4.59. The van der Waals surface area contributed by atoms with Gasteiger partial charge >= 0.3 is 0 Å². The molecule has 0 aliphatic carbocycles. The molecule has 0 saturated carbocycles. The van der Waals surface area contributed by atoms with Crippen LogP contribution >= 0.6 is 0 Å². The minimum Gasteiger partial charge on any atom is -0.457 e. The topological polar surface area (TPSA) is 44.1 Å². The van der Waals surface area contributed by atoms with Crippen molar-refractivity contribution in [3.8, 4) is 28.4 Å². The Balaban J connectivity index is 1.58. The SMILES string of the molecule is CCc1ccc(Oc2ccc(-c3nn(-c4ccccc4)cc3C=O)cc2)cc1. The molecule has 4 rings (SSSR count). The maximum Gasteiger partial charge on any atom is 0.153 e. The fourth-order valence-electron chi connectivity index (χ4n) is 3.02. The molecule has 28 heavy (non-hydrogen) atoms. The number of carbonyl (C=O) groups is 1. The van der Waals surface area contributed by atoms with Gasteiger partial charge in [0.2, 0.25) is 0 Å². The third kappa shape index (κ3) is 3.71. The van der Waals surface area contributed by atoms with Crippen LogP contribution in [0.2, 0.25) is 0 Å². The molecular weight excluding hydrogens is 348 g/mol. The van der Waals surface area contributed by atoms with Gasteiger partial charge < -0.3 is 4.74 Å². The molecule has 4 nitrogen and oxygen atoms in total.